The minimum Gasteiger partial charge on any atom is -0.472 e. The molecule has 5 nitrogen and oxygen atoms in total. The van der Waals surface area contributed by atoms with Gasteiger partial charge in [0, 0.05) is 11.8 Å². The zero-order valence-electron chi connectivity index (χ0n) is 7.57. The summed E-state index contributed by atoms with van der Waals surface area (Å²) in [4.78, 5) is 23.9. The minimum atomic E-state index is -1.49. The molecule has 0 aliphatic rings. The third-order valence-corrected chi connectivity index (χ3v) is 2.16. The van der Waals surface area contributed by atoms with Crippen molar-refractivity contribution in [1.29, 1.82) is 0 Å². The Hall–Kier alpha value is -1.000. The first-order valence-corrected chi connectivity index (χ1v) is 5.30. The van der Waals surface area contributed by atoms with Crippen LogP contribution in [0.25, 0.3) is 5.53 Å². The number of Topliss-reactive ketones (excluding diaryl/α,β-unsaturated/α-hetero) is 1. The normalized spacial score (nSPS) is 9.21. The van der Waals surface area contributed by atoms with Crippen LogP contribution in [0, 0.1) is 0 Å². The Labute approximate surface area is 89.9 Å². The molecule has 0 heterocycles. The second-order valence-electron chi connectivity index (χ2n) is 2.68. The second kappa shape index (κ2) is 7.41. The van der Waals surface area contributed by atoms with Gasteiger partial charge in [-0.1, -0.05) is 22.4 Å². The molecule has 0 saturated heterocycles. The van der Waals surface area contributed by atoms with Crippen molar-refractivity contribution in [3.8, 4) is 0 Å². The molecule has 0 unspecified atom stereocenters. The fraction of sp³-hybridized carbons (Fsp3) is 0.625. The Morgan fingerprint density at radius 3 is 2.36 bits per heavy atom. The number of hydrogen-bond acceptors (Lipinski definition) is 2. The number of aliphatic carboxylic acids is 1. The van der Waals surface area contributed by atoms with Gasteiger partial charge in [0.05, 0.1) is 0 Å². The van der Waals surface area contributed by atoms with Crippen LogP contribution >= 0.6 is 15.9 Å². The van der Waals surface area contributed by atoms with Crippen LogP contribution in [0.1, 0.15) is 25.7 Å². The molecule has 6 heteroatoms. The van der Waals surface area contributed by atoms with Gasteiger partial charge in [0.25, 0.3) is 5.78 Å². The van der Waals surface area contributed by atoms with E-state index in [0.29, 0.717) is 6.42 Å². The molecule has 1 N–H and O–H groups in total. The smallest absolute Gasteiger partial charge is 0.441 e. The standard InChI is InChI=1S/C8H11BrN2O3/c9-5-3-1-2-4-6(12)7(11-10)8(13)14/h1-5H2,(H,13,14). The Bertz CT molecular complexity index is 272. The topological polar surface area (TPSA) is 90.8 Å². The van der Waals surface area contributed by atoms with Crippen molar-refractivity contribution < 1.29 is 19.5 Å². The molecule has 0 rings (SSSR count). The van der Waals surface area contributed by atoms with Gasteiger partial charge in [0.15, 0.2) is 0 Å². The number of carboxylic acids is 1. The van der Waals surface area contributed by atoms with Gasteiger partial charge in [-0.25, -0.2) is 4.79 Å². The van der Waals surface area contributed by atoms with Crippen LogP contribution in [0.2, 0.25) is 0 Å². The maximum Gasteiger partial charge on any atom is 0.441 e. The largest absolute Gasteiger partial charge is 0.472 e. The zero-order valence-corrected chi connectivity index (χ0v) is 9.16. The molecule has 78 valence electrons. The number of unbranched alkanes of at least 4 members (excludes halogenated alkanes) is 2. The molecule has 0 fully saturated rings. The van der Waals surface area contributed by atoms with Crippen LogP contribution in [0.4, 0.5) is 0 Å². The fourth-order valence-corrected chi connectivity index (χ4v) is 1.29. The van der Waals surface area contributed by atoms with Crippen molar-refractivity contribution in [1.82, 2.24) is 0 Å². The van der Waals surface area contributed by atoms with E-state index >= 15 is 0 Å². The molecule has 0 aromatic rings. The fourth-order valence-electron chi connectivity index (χ4n) is 0.893. The highest BCUT2D eigenvalue weighted by Gasteiger charge is 2.27. The molecule has 0 bridgehead atoms. The molecular formula is C8H11BrN2O3. The van der Waals surface area contributed by atoms with Gasteiger partial charge < -0.3 is 10.6 Å². The number of nitrogens with zero attached hydrogens (tertiary/aromatic N) is 2. The van der Waals surface area contributed by atoms with E-state index in [1.54, 1.807) is 0 Å². The summed E-state index contributed by atoms with van der Waals surface area (Å²) in [6.45, 7) is 0. The van der Waals surface area contributed by atoms with Crippen molar-refractivity contribution in [2.24, 2.45) is 0 Å². The Morgan fingerprint density at radius 1 is 1.29 bits per heavy atom. The summed E-state index contributed by atoms with van der Waals surface area (Å²) >= 11 is 3.24. The molecule has 0 atom stereocenters. The zero-order chi connectivity index (χ0) is 11.0. The highest BCUT2D eigenvalue weighted by Crippen LogP contribution is 2.02. The minimum absolute atomic E-state index is 0.110. The Morgan fingerprint density at radius 2 is 1.93 bits per heavy atom. The summed E-state index contributed by atoms with van der Waals surface area (Å²) in [5.41, 5.74) is 7.46. The molecule has 0 aromatic heterocycles. The van der Waals surface area contributed by atoms with Gasteiger partial charge in [-0.2, -0.15) is 4.79 Å². The van der Waals surface area contributed by atoms with Gasteiger partial charge in [-0.15, -0.1) is 0 Å². The summed E-state index contributed by atoms with van der Waals surface area (Å²) in [6.07, 6.45) is 2.50. The first-order chi connectivity index (χ1) is 6.63. The SMILES string of the molecule is [N-]=[N+]=C(C(=O)O)C(=O)CCCCCBr. The highest BCUT2D eigenvalue weighted by molar-refractivity contribution is 9.09. The number of carbonyl (C=O) groups is 2. The van der Waals surface area contributed by atoms with Crippen molar-refractivity contribution in [2.75, 3.05) is 5.33 Å². The molecule has 0 aromatic carbocycles. The third kappa shape index (κ3) is 4.89. The third-order valence-electron chi connectivity index (χ3n) is 1.60. The lowest BCUT2D eigenvalue weighted by molar-refractivity contribution is -0.136. The van der Waals surface area contributed by atoms with E-state index in [2.05, 4.69) is 20.7 Å². The maximum atomic E-state index is 11.1. The maximum absolute atomic E-state index is 11.1. The highest BCUT2D eigenvalue weighted by atomic mass is 79.9. The summed E-state index contributed by atoms with van der Waals surface area (Å²) in [5, 5.41) is 9.29. The summed E-state index contributed by atoms with van der Waals surface area (Å²) in [6, 6.07) is 0. The number of ketones is 1. The van der Waals surface area contributed by atoms with Crippen LogP contribution in [-0.2, 0) is 9.59 Å². The van der Waals surface area contributed by atoms with E-state index in [1.165, 1.54) is 0 Å². The molecule has 0 saturated carbocycles. The van der Waals surface area contributed by atoms with E-state index in [9.17, 15) is 9.59 Å². The summed E-state index contributed by atoms with van der Waals surface area (Å²) < 4.78 is 0. The number of carboxylic acid groups (broad SMARTS) is 1. The molecule has 0 radical (unpaired) electrons. The average molecular weight is 263 g/mol. The first kappa shape index (κ1) is 13.0. The van der Waals surface area contributed by atoms with Crippen molar-refractivity contribution >= 4 is 33.4 Å². The van der Waals surface area contributed by atoms with Gasteiger partial charge >= 0.3 is 11.7 Å². The monoisotopic (exact) mass is 262 g/mol. The van der Waals surface area contributed by atoms with Gasteiger partial charge in [0.1, 0.15) is 0 Å². The van der Waals surface area contributed by atoms with Crippen molar-refractivity contribution in [3.05, 3.63) is 5.53 Å². The number of halogens is 1. The Balaban J connectivity index is 3.96. The lowest BCUT2D eigenvalue weighted by Crippen LogP contribution is -2.24. The first-order valence-electron chi connectivity index (χ1n) is 4.18. The number of hydrogen-bond donors (Lipinski definition) is 1. The van der Waals surface area contributed by atoms with E-state index < -0.39 is 17.5 Å². The predicted molar refractivity (Wildman–Crippen MR) is 53.5 cm³/mol. The molecule has 0 amide bonds. The quantitative estimate of drug-likeness (QED) is 0.187. The van der Waals surface area contributed by atoms with Gasteiger partial charge in [0.2, 0.25) is 0 Å². The Kier molecular flexibility index (Phi) is 6.88. The van der Waals surface area contributed by atoms with Gasteiger partial charge in [-0.3, -0.25) is 4.79 Å². The number of alkyl halides is 1. The molecule has 0 spiro atoms. The molecule has 0 aliphatic carbocycles. The number of carbonyl (C=O) groups excluding carboxylic acids is 1. The van der Waals surface area contributed by atoms with Crippen molar-refractivity contribution in [3.63, 3.8) is 0 Å². The second-order valence-corrected chi connectivity index (χ2v) is 3.47. The van der Waals surface area contributed by atoms with Crippen LogP contribution < -0.4 is 0 Å². The molecular weight excluding hydrogens is 252 g/mol. The summed E-state index contributed by atoms with van der Waals surface area (Å²) in [5.74, 6) is -2.12. The van der Waals surface area contributed by atoms with Crippen LogP contribution in [-0.4, -0.2) is 32.7 Å². The van der Waals surface area contributed by atoms with E-state index in [1.807, 2.05) is 0 Å². The predicted octanol–water partition coefficient (Wildman–Crippen LogP) is 1.27. The van der Waals surface area contributed by atoms with Crippen LogP contribution in [0.5, 0.6) is 0 Å². The van der Waals surface area contributed by atoms with E-state index in [4.69, 9.17) is 10.6 Å². The van der Waals surface area contributed by atoms with Crippen molar-refractivity contribution in [2.45, 2.75) is 25.7 Å². The van der Waals surface area contributed by atoms with Crippen LogP contribution in [0.15, 0.2) is 0 Å². The lowest BCUT2D eigenvalue weighted by Gasteiger charge is -1.94. The lowest BCUT2D eigenvalue weighted by atomic mass is 10.1. The van der Waals surface area contributed by atoms with E-state index in [-0.39, 0.29) is 6.42 Å². The average Bonchev–Trinajstić information content (AvgIpc) is 2.13. The number of rotatable bonds is 7. The van der Waals surface area contributed by atoms with E-state index in [0.717, 1.165) is 18.2 Å². The molecule has 14 heavy (non-hydrogen) atoms. The summed E-state index contributed by atoms with van der Waals surface area (Å²) in [7, 11) is 0. The molecule has 0 aliphatic heterocycles. The van der Waals surface area contributed by atoms with Crippen LogP contribution in [0.3, 0.4) is 0 Å². The van der Waals surface area contributed by atoms with Gasteiger partial charge in [-0.05, 0) is 12.8 Å².